The number of anilines is 1. The average Bonchev–Trinajstić information content (AvgIpc) is 3.14. The molecule has 2 aromatic carbocycles. The molecule has 1 heterocycles. The standard InChI is InChI=1S/C21H22FN5O2/c1-3-4-15-5-7-16(8-6-15)20(28)11-12-21(29)23-17-9-10-18(22)19(13-17)27-14(2)24-25-26-27/h5-10,13H,3-4,11-12H2,1-2H3,(H,23,29). The van der Waals surface area contributed by atoms with Crippen molar-refractivity contribution < 1.29 is 14.0 Å². The SMILES string of the molecule is CCCc1ccc(C(=O)CCC(=O)Nc2ccc(F)c(-n3nnnc3C)c2)cc1. The van der Waals surface area contributed by atoms with Gasteiger partial charge in [-0.1, -0.05) is 37.6 Å². The van der Waals surface area contributed by atoms with Crippen molar-refractivity contribution in [1.29, 1.82) is 0 Å². The molecule has 1 amide bonds. The maximum Gasteiger partial charge on any atom is 0.224 e. The fraction of sp³-hybridized carbons (Fsp3) is 0.286. The molecule has 0 saturated heterocycles. The lowest BCUT2D eigenvalue weighted by Crippen LogP contribution is -2.14. The summed E-state index contributed by atoms with van der Waals surface area (Å²) in [4.78, 5) is 24.5. The summed E-state index contributed by atoms with van der Waals surface area (Å²) in [5.74, 6) is -0.512. The minimum absolute atomic E-state index is 0.0339. The van der Waals surface area contributed by atoms with Gasteiger partial charge in [-0.15, -0.1) is 5.10 Å². The second-order valence-corrected chi connectivity index (χ2v) is 6.72. The molecule has 0 atom stereocenters. The van der Waals surface area contributed by atoms with E-state index in [1.54, 1.807) is 19.1 Å². The zero-order chi connectivity index (χ0) is 20.8. The summed E-state index contributed by atoms with van der Waals surface area (Å²) in [7, 11) is 0. The first kappa shape index (κ1) is 20.3. The molecule has 8 heteroatoms. The Hall–Kier alpha value is -3.42. The van der Waals surface area contributed by atoms with Crippen LogP contribution in [0.5, 0.6) is 0 Å². The molecule has 0 bridgehead atoms. The highest BCUT2D eigenvalue weighted by molar-refractivity contribution is 6.00. The quantitative estimate of drug-likeness (QED) is 0.588. The van der Waals surface area contributed by atoms with Crippen molar-refractivity contribution in [3.63, 3.8) is 0 Å². The lowest BCUT2D eigenvalue weighted by molar-refractivity contribution is -0.116. The summed E-state index contributed by atoms with van der Waals surface area (Å²) < 4.78 is 15.3. The lowest BCUT2D eigenvalue weighted by Gasteiger charge is -2.09. The molecule has 0 unspecified atom stereocenters. The van der Waals surface area contributed by atoms with Gasteiger partial charge in [0.2, 0.25) is 5.91 Å². The van der Waals surface area contributed by atoms with Gasteiger partial charge in [0.05, 0.1) is 0 Å². The number of halogens is 1. The zero-order valence-corrected chi connectivity index (χ0v) is 16.4. The first-order valence-corrected chi connectivity index (χ1v) is 9.45. The molecule has 0 saturated carbocycles. The Kier molecular flexibility index (Phi) is 6.43. The fourth-order valence-corrected chi connectivity index (χ4v) is 2.95. The third-order valence-electron chi connectivity index (χ3n) is 4.48. The number of carbonyl (C=O) groups excluding carboxylic acids is 2. The molecular weight excluding hydrogens is 373 g/mol. The number of ketones is 1. The number of nitrogens with one attached hydrogen (secondary N) is 1. The van der Waals surface area contributed by atoms with Crippen LogP contribution in [0.15, 0.2) is 42.5 Å². The summed E-state index contributed by atoms with van der Waals surface area (Å²) in [6.45, 7) is 3.75. The minimum Gasteiger partial charge on any atom is -0.326 e. The number of carbonyl (C=O) groups is 2. The number of aryl methyl sites for hydroxylation is 2. The molecule has 3 rings (SSSR count). The second-order valence-electron chi connectivity index (χ2n) is 6.72. The molecule has 0 spiro atoms. The number of aromatic nitrogens is 4. The van der Waals surface area contributed by atoms with E-state index < -0.39 is 5.82 Å². The molecular formula is C21H22FN5O2. The largest absolute Gasteiger partial charge is 0.326 e. The van der Waals surface area contributed by atoms with E-state index in [1.165, 1.54) is 28.4 Å². The topological polar surface area (TPSA) is 89.8 Å². The van der Waals surface area contributed by atoms with Crippen LogP contribution >= 0.6 is 0 Å². The Balaban J connectivity index is 1.59. The number of hydrogen-bond donors (Lipinski definition) is 1. The zero-order valence-electron chi connectivity index (χ0n) is 16.4. The van der Waals surface area contributed by atoms with Crippen molar-refractivity contribution in [3.8, 4) is 5.69 Å². The number of amides is 1. The van der Waals surface area contributed by atoms with Gasteiger partial charge in [0.25, 0.3) is 0 Å². The number of hydrogen-bond acceptors (Lipinski definition) is 5. The van der Waals surface area contributed by atoms with E-state index in [1.807, 2.05) is 12.1 Å². The van der Waals surface area contributed by atoms with Gasteiger partial charge in [-0.05, 0) is 47.5 Å². The van der Waals surface area contributed by atoms with Crippen LogP contribution in [0.1, 0.15) is 47.9 Å². The van der Waals surface area contributed by atoms with Gasteiger partial charge in [-0.25, -0.2) is 4.39 Å². The van der Waals surface area contributed by atoms with Crippen LogP contribution < -0.4 is 5.32 Å². The summed E-state index contributed by atoms with van der Waals surface area (Å²) in [5.41, 5.74) is 2.31. The van der Waals surface area contributed by atoms with E-state index in [-0.39, 0.29) is 30.2 Å². The normalized spacial score (nSPS) is 10.7. The van der Waals surface area contributed by atoms with Gasteiger partial charge in [0, 0.05) is 24.1 Å². The van der Waals surface area contributed by atoms with Crippen molar-refractivity contribution in [1.82, 2.24) is 20.2 Å². The van der Waals surface area contributed by atoms with E-state index in [9.17, 15) is 14.0 Å². The van der Waals surface area contributed by atoms with Crippen molar-refractivity contribution in [2.75, 3.05) is 5.32 Å². The highest BCUT2D eigenvalue weighted by Gasteiger charge is 2.13. The van der Waals surface area contributed by atoms with Crippen LogP contribution in [0, 0.1) is 12.7 Å². The number of nitrogens with zero attached hydrogens (tertiary/aromatic N) is 4. The molecule has 7 nitrogen and oxygen atoms in total. The van der Waals surface area contributed by atoms with Crippen LogP contribution in [0.25, 0.3) is 5.69 Å². The van der Waals surface area contributed by atoms with Gasteiger partial charge in [-0.2, -0.15) is 4.68 Å². The Labute approximate surface area is 167 Å². The van der Waals surface area contributed by atoms with Crippen LogP contribution in [-0.4, -0.2) is 31.9 Å². The van der Waals surface area contributed by atoms with Crippen LogP contribution in [0.3, 0.4) is 0 Å². The smallest absolute Gasteiger partial charge is 0.224 e. The van der Waals surface area contributed by atoms with E-state index >= 15 is 0 Å². The van der Waals surface area contributed by atoms with E-state index in [4.69, 9.17) is 0 Å². The molecule has 29 heavy (non-hydrogen) atoms. The predicted molar refractivity (Wildman–Crippen MR) is 106 cm³/mol. The van der Waals surface area contributed by atoms with Crippen LogP contribution in [0.2, 0.25) is 0 Å². The van der Waals surface area contributed by atoms with Crippen molar-refractivity contribution in [2.24, 2.45) is 0 Å². The van der Waals surface area contributed by atoms with Gasteiger partial charge >= 0.3 is 0 Å². The second kappa shape index (κ2) is 9.18. The molecule has 150 valence electrons. The fourth-order valence-electron chi connectivity index (χ4n) is 2.95. The van der Waals surface area contributed by atoms with Gasteiger partial charge in [0.1, 0.15) is 11.5 Å². The van der Waals surface area contributed by atoms with Gasteiger partial charge in [-0.3, -0.25) is 9.59 Å². The molecule has 1 N–H and O–H groups in total. The van der Waals surface area contributed by atoms with Crippen molar-refractivity contribution >= 4 is 17.4 Å². The van der Waals surface area contributed by atoms with Crippen LogP contribution in [-0.2, 0) is 11.2 Å². The summed E-state index contributed by atoms with van der Waals surface area (Å²) in [6, 6.07) is 11.6. The maximum absolute atomic E-state index is 14.1. The highest BCUT2D eigenvalue weighted by Crippen LogP contribution is 2.19. The Morgan fingerprint density at radius 1 is 1.10 bits per heavy atom. The van der Waals surface area contributed by atoms with Gasteiger partial charge < -0.3 is 5.32 Å². The third-order valence-corrected chi connectivity index (χ3v) is 4.48. The molecule has 0 aliphatic carbocycles. The predicted octanol–water partition coefficient (Wildman–Crippen LogP) is 3.66. The van der Waals surface area contributed by atoms with E-state index in [0.29, 0.717) is 17.1 Å². The summed E-state index contributed by atoms with van der Waals surface area (Å²) >= 11 is 0. The summed E-state index contributed by atoms with van der Waals surface area (Å²) in [5, 5.41) is 13.6. The molecule has 1 aromatic heterocycles. The Bertz CT molecular complexity index is 1010. The Morgan fingerprint density at radius 3 is 2.52 bits per heavy atom. The average molecular weight is 395 g/mol. The molecule has 0 aliphatic heterocycles. The van der Waals surface area contributed by atoms with E-state index in [2.05, 4.69) is 27.8 Å². The lowest BCUT2D eigenvalue weighted by atomic mass is 10.0. The van der Waals surface area contributed by atoms with Crippen molar-refractivity contribution in [3.05, 3.63) is 65.2 Å². The van der Waals surface area contributed by atoms with Crippen LogP contribution in [0.4, 0.5) is 10.1 Å². The molecule has 0 fully saturated rings. The van der Waals surface area contributed by atoms with E-state index in [0.717, 1.165) is 12.8 Å². The summed E-state index contributed by atoms with van der Waals surface area (Å²) in [6.07, 6.45) is 2.15. The highest BCUT2D eigenvalue weighted by atomic mass is 19.1. The third kappa shape index (κ3) is 5.10. The number of Topliss-reactive ketones (excluding diaryl/α,β-unsaturated/α-hetero) is 1. The monoisotopic (exact) mass is 395 g/mol. The number of benzene rings is 2. The number of rotatable bonds is 8. The molecule has 0 radical (unpaired) electrons. The minimum atomic E-state index is -0.514. The Morgan fingerprint density at radius 2 is 1.86 bits per heavy atom. The maximum atomic E-state index is 14.1. The molecule has 3 aromatic rings. The number of tetrazole rings is 1. The van der Waals surface area contributed by atoms with Crippen molar-refractivity contribution in [2.45, 2.75) is 39.5 Å². The van der Waals surface area contributed by atoms with Gasteiger partial charge in [0.15, 0.2) is 11.6 Å². The first-order chi connectivity index (χ1) is 14.0. The molecule has 0 aliphatic rings. The first-order valence-electron chi connectivity index (χ1n) is 9.45.